The molecule has 1 saturated heterocycles. The lowest BCUT2D eigenvalue weighted by molar-refractivity contribution is 0.267. The van der Waals surface area contributed by atoms with Crippen LogP contribution in [0.4, 0.5) is 0 Å². The SMILES string of the molecule is CCNCc1ccc(CN2CCCC(C(C)C)CC2)s1. The molecule has 0 aromatic carbocycles. The second-order valence-electron chi connectivity index (χ2n) is 6.36. The summed E-state index contributed by atoms with van der Waals surface area (Å²) in [6, 6.07) is 4.61. The quantitative estimate of drug-likeness (QED) is 0.849. The first-order chi connectivity index (χ1) is 9.69. The van der Waals surface area contributed by atoms with Crippen molar-refractivity contribution in [3.63, 3.8) is 0 Å². The third-order valence-electron chi connectivity index (χ3n) is 4.45. The lowest BCUT2D eigenvalue weighted by Crippen LogP contribution is -2.24. The minimum atomic E-state index is 0.850. The van der Waals surface area contributed by atoms with Crippen molar-refractivity contribution in [1.29, 1.82) is 0 Å². The topological polar surface area (TPSA) is 15.3 Å². The third-order valence-corrected chi connectivity index (χ3v) is 5.52. The van der Waals surface area contributed by atoms with Crippen LogP contribution in [0.15, 0.2) is 12.1 Å². The summed E-state index contributed by atoms with van der Waals surface area (Å²) in [6.45, 7) is 12.7. The van der Waals surface area contributed by atoms with Gasteiger partial charge in [-0.05, 0) is 62.9 Å². The van der Waals surface area contributed by atoms with E-state index in [0.717, 1.165) is 31.5 Å². The monoisotopic (exact) mass is 294 g/mol. The van der Waals surface area contributed by atoms with Crippen LogP contribution in [0.2, 0.25) is 0 Å². The van der Waals surface area contributed by atoms with Gasteiger partial charge in [0.05, 0.1) is 0 Å². The van der Waals surface area contributed by atoms with Crippen LogP contribution in [0.25, 0.3) is 0 Å². The number of hydrogen-bond acceptors (Lipinski definition) is 3. The summed E-state index contributed by atoms with van der Waals surface area (Å²) < 4.78 is 0. The van der Waals surface area contributed by atoms with E-state index < -0.39 is 0 Å². The first-order valence-corrected chi connectivity index (χ1v) is 9.01. The van der Waals surface area contributed by atoms with Crippen molar-refractivity contribution < 1.29 is 0 Å². The molecule has 0 radical (unpaired) electrons. The molecular weight excluding hydrogens is 264 g/mol. The molecule has 1 aromatic heterocycles. The second kappa shape index (κ2) is 8.16. The van der Waals surface area contributed by atoms with Crippen LogP contribution in [0.3, 0.4) is 0 Å². The molecule has 1 aliphatic rings. The van der Waals surface area contributed by atoms with Gasteiger partial charge in [-0.15, -0.1) is 11.3 Å². The Morgan fingerprint density at radius 2 is 2.05 bits per heavy atom. The van der Waals surface area contributed by atoms with Crippen molar-refractivity contribution in [2.45, 2.75) is 53.1 Å². The summed E-state index contributed by atoms with van der Waals surface area (Å²) >= 11 is 1.98. The largest absolute Gasteiger partial charge is 0.312 e. The van der Waals surface area contributed by atoms with E-state index in [1.165, 1.54) is 42.1 Å². The van der Waals surface area contributed by atoms with Crippen molar-refractivity contribution in [3.8, 4) is 0 Å². The Hall–Kier alpha value is -0.380. The van der Waals surface area contributed by atoms with Crippen LogP contribution in [-0.4, -0.2) is 24.5 Å². The van der Waals surface area contributed by atoms with Crippen molar-refractivity contribution in [2.75, 3.05) is 19.6 Å². The van der Waals surface area contributed by atoms with Gasteiger partial charge in [0.1, 0.15) is 0 Å². The fourth-order valence-corrected chi connectivity index (χ4v) is 4.11. The molecule has 1 atom stereocenters. The average molecular weight is 295 g/mol. The maximum atomic E-state index is 3.41. The molecule has 0 aliphatic carbocycles. The van der Waals surface area contributed by atoms with Gasteiger partial charge < -0.3 is 5.32 Å². The summed E-state index contributed by atoms with van der Waals surface area (Å²) in [5, 5.41) is 3.41. The van der Waals surface area contributed by atoms with Gasteiger partial charge in [0.25, 0.3) is 0 Å². The summed E-state index contributed by atoms with van der Waals surface area (Å²) in [7, 11) is 0. The van der Waals surface area contributed by atoms with Gasteiger partial charge in [0.15, 0.2) is 0 Å². The second-order valence-corrected chi connectivity index (χ2v) is 7.61. The van der Waals surface area contributed by atoms with Gasteiger partial charge in [0.2, 0.25) is 0 Å². The highest BCUT2D eigenvalue weighted by molar-refractivity contribution is 7.11. The van der Waals surface area contributed by atoms with E-state index in [1.54, 1.807) is 0 Å². The molecule has 1 N–H and O–H groups in total. The molecule has 0 spiro atoms. The molecule has 1 unspecified atom stereocenters. The highest BCUT2D eigenvalue weighted by Gasteiger charge is 2.19. The zero-order chi connectivity index (χ0) is 14.4. The zero-order valence-electron chi connectivity index (χ0n) is 13.3. The predicted octanol–water partition coefficient (Wildman–Crippen LogP) is 4.12. The Morgan fingerprint density at radius 3 is 2.80 bits per heavy atom. The normalized spacial score (nSPS) is 21.3. The summed E-state index contributed by atoms with van der Waals surface area (Å²) in [5.74, 6) is 1.79. The molecule has 1 fully saturated rings. The third kappa shape index (κ3) is 4.87. The molecule has 2 rings (SSSR count). The smallest absolute Gasteiger partial charge is 0.0328 e. The molecular formula is C17H30N2S. The molecule has 20 heavy (non-hydrogen) atoms. The van der Waals surface area contributed by atoms with E-state index in [4.69, 9.17) is 0 Å². The number of rotatable bonds is 6. The summed E-state index contributed by atoms with van der Waals surface area (Å²) in [4.78, 5) is 5.66. The Balaban J connectivity index is 1.82. The van der Waals surface area contributed by atoms with E-state index >= 15 is 0 Å². The Kier molecular flexibility index (Phi) is 6.53. The maximum Gasteiger partial charge on any atom is 0.0328 e. The number of nitrogens with zero attached hydrogens (tertiary/aromatic N) is 1. The molecule has 2 nitrogen and oxygen atoms in total. The first kappa shape index (κ1) is 16.0. The molecule has 2 heterocycles. The van der Waals surface area contributed by atoms with Crippen LogP contribution >= 0.6 is 11.3 Å². The number of thiophene rings is 1. The summed E-state index contributed by atoms with van der Waals surface area (Å²) in [6.07, 6.45) is 4.18. The van der Waals surface area contributed by atoms with E-state index in [0.29, 0.717) is 0 Å². The van der Waals surface area contributed by atoms with Crippen molar-refractivity contribution in [2.24, 2.45) is 11.8 Å². The highest BCUT2D eigenvalue weighted by Crippen LogP contribution is 2.26. The lowest BCUT2D eigenvalue weighted by atomic mass is 9.89. The van der Waals surface area contributed by atoms with Crippen LogP contribution in [0.5, 0.6) is 0 Å². The predicted molar refractivity (Wildman–Crippen MR) is 89.2 cm³/mol. The number of likely N-dealkylation sites (tertiary alicyclic amines) is 1. The van der Waals surface area contributed by atoms with Crippen LogP contribution in [0, 0.1) is 11.8 Å². The number of nitrogens with one attached hydrogen (secondary N) is 1. The minimum Gasteiger partial charge on any atom is -0.312 e. The van der Waals surface area contributed by atoms with Crippen LogP contribution in [-0.2, 0) is 13.1 Å². The molecule has 0 amide bonds. The minimum absolute atomic E-state index is 0.850. The van der Waals surface area contributed by atoms with E-state index in [1.807, 2.05) is 11.3 Å². The van der Waals surface area contributed by atoms with Crippen molar-refractivity contribution in [3.05, 3.63) is 21.9 Å². The Labute approximate surface area is 128 Å². The molecule has 0 bridgehead atoms. The standard InChI is InChI=1S/C17H30N2S/c1-4-18-12-16-7-8-17(20-16)13-19-10-5-6-15(9-11-19)14(2)3/h7-8,14-15,18H,4-6,9-13H2,1-3H3. The van der Waals surface area contributed by atoms with Gasteiger partial charge in [-0.1, -0.05) is 20.8 Å². The van der Waals surface area contributed by atoms with Crippen molar-refractivity contribution >= 4 is 11.3 Å². The van der Waals surface area contributed by atoms with Crippen LogP contribution in [0.1, 0.15) is 49.8 Å². The Bertz CT molecular complexity index is 386. The van der Waals surface area contributed by atoms with Gasteiger partial charge in [-0.2, -0.15) is 0 Å². The zero-order valence-corrected chi connectivity index (χ0v) is 14.1. The fraction of sp³-hybridized carbons (Fsp3) is 0.765. The van der Waals surface area contributed by atoms with Crippen molar-refractivity contribution in [1.82, 2.24) is 10.2 Å². The highest BCUT2D eigenvalue weighted by atomic mass is 32.1. The van der Waals surface area contributed by atoms with Gasteiger partial charge in [-0.3, -0.25) is 4.90 Å². The van der Waals surface area contributed by atoms with E-state index in [-0.39, 0.29) is 0 Å². The maximum absolute atomic E-state index is 3.41. The molecule has 3 heteroatoms. The molecule has 1 aliphatic heterocycles. The average Bonchev–Trinajstić information content (AvgIpc) is 2.72. The first-order valence-electron chi connectivity index (χ1n) is 8.19. The number of hydrogen-bond donors (Lipinski definition) is 1. The molecule has 1 aromatic rings. The van der Waals surface area contributed by atoms with E-state index in [9.17, 15) is 0 Å². The molecule has 114 valence electrons. The van der Waals surface area contributed by atoms with Gasteiger partial charge in [-0.25, -0.2) is 0 Å². The fourth-order valence-electron chi connectivity index (χ4n) is 3.08. The molecule has 0 saturated carbocycles. The summed E-state index contributed by atoms with van der Waals surface area (Å²) in [5.41, 5.74) is 0. The van der Waals surface area contributed by atoms with Gasteiger partial charge in [0, 0.05) is 22.8 Å². The lowest BCUT2D eigenvalue weighted by Gasteiger charge is -2.20. The van der Waals surface area contributed by atoms with E-state index in [2.05, 4.69) is 43.1 Å². The Morgan fingerprint density at radius 1 is 1.25 bits per heavy atom. The van der Waals surface area contributed by atoms with Gasteiger partial charge >= 0.3 is 0 Å². The van der Waals surface area contributed by atoms with Crippen LogP contribution < -0.4 is 5.32 Å².